The number of allylic oxidation sites excluding steroid dienone is 1. The summed E-state index contributed by atoms with van der Waals surface area (Å²) in [6, 6.07) is 3.10. The highest BCUT2D eigenvalue weighted by Crippen LogP contribution is 2.44. The molecule has 0 saturated heterocycles. The summed E-state index contributed by atoms with van der Waals surface area (Å²) in [5.74, 6) is 0.546. The van der Waals surface area contributed by atoms with Crippen molar-refractivity contribution in [2.24, 2.45) is 23.7 Å². The van der Waals surface area contributed by atoms with Crippen LogP contribution in [-0.2, 0) is 0 Å². The first kappa shape index (κ1) is 18.6. The highest BCUT2D eigenvalue weighted by atomic mass is 19.2. The molecule has 0 amide bonds. The first-order valence-corrected chi connectivity index (χ1v) is 9.76. The van der Waals surface area contributed by atoms with E-state index in [2.05, 4.69) is 12.7 Å². The number of aliphatic hydroxyl groups is 1. The van der Waals surface area contributed by atoms with Crippen LogP contribution in [0.1, 0.15) is 71.5 Å². The van der Waals surface area contributed by atoms with Gasteiger partial charge in [-0.1, -0.05) is 18.2 Å². The van der Waals surface area contributed by atoms with Gasteiger partial charge in [-0.15, -0.1) is 6.58 Å². The topological polar surface area (TPSA) is 20.2 Å². The van der Waals surface area contributed by atoms with Crippen molar-refractivity contribution in [1.82, 2.24) is 0 Å². The molecule has 3 heteroatoms. The monoisotopic (exact) mass is 352 g/mol. The minimum Gasteiger partial charge on any atom is -0.388 e. The van der Waals surface area contributed by atoms with E-state index in [1.807, 2.05) is 0 Å². The second-order valence-electron chi connectivity index (χ2n) is 8.13. The van der Waals surface area contributed by atoms with E-state index in [1.54, 1.807) is 19.1 Å². The maximum Gasteiger partial charge on any atom is 0.164 e. The Balaban J connectivity index is 0.00000182. The number of hydrogen-bond acceptors (Lipinski definition) is 1. The van der Waals surface area contributed by atoms with Crippen molar-refractivity contribution in [3.05, 3.63) is 47.5 Å². The Labute approximate surface area is 153 Å². The molecule has 1 aromatic carbocycles. The lowest BCUT2D eigenvalue weighted by Crippen LogP contribution is -2.27. The molecule has 142 valence electrons. The minimum atomic E-state index is -0.896. The average Bonchev–Trinajstić information content (AvgIpc) is 2.66. The van der Waals surface area contributed by atoms with Crippen LogP contribution in [0.3, 0.4) is 0 Å². The summed E-state index contributed by atoms with van der Waals surface area (Å²) in [6.45, 7) is 5.46. The third-order valence-corrected chi connectivity index (χ3v) is 6.70. The van der Waals surface area contributed by atoms with Crippen LogP contribution in [0.2, 0.25) is 0 Å². The molecule has 0 spiro atoms. The van der Waals surface area contributed by atoms with Gasteiger partial charge < -0.3 is 5.11 Å². The van der Waals surface area contributed by atoms with E-state index in [1.165, 1.54) is 25.7 Å². The van der Waals surface area contributed by atoms with Crippen LogP contribution in [-0.4, -0.2) is 5.11 Å². The second-order valence-corrected chi connectivity index (χ2v) is 8.13. The van der Waals surface area contributed by atoms with Gasteiger partial charge in [0, 0.05) is 8.42 Å². The summed E-state index contributed by atoms with van der Waals surface area (Å²) >= 11 is 0. The van der Waals surface area contributed by atoms with Crippen molar-refractivity contribution < 1.29 is 16.7 Å². The molecule has 2 aliphatic carbocycles. The summed E-state index contributed by atoms with van der Waals surface area (Å²) in [5.41, 5.74) is 0.408. The first-order valence-electron chi connectivity index (χ1n) is 9.76. The number of aliphatic hydroxyl groups excluding tert-OH is 1. The van der Waals surface area contributed by atoms with Crippen molar-refractivity contribution in [3.63, 3.8) is 0 Å². The van der Waals surface area contributed by atoms with Gasteiger partial charge in [0.2, 0.25) is 0 Å². The number of hydrogen-bond donors (Lipinski definition) is 1. The fraction of sp³-hybridized carbons (Fsp3) is 0.636. The van der Waals surface area contributed by atoms with Crippen molar-refractivity contribution in [2.75, 3.05) is 0 Å². The molecule has 3 rings (SSSR count). The molecule has 1 atom stereocenters. The molecule has 0 aromatic heterocycles. The zero-order chi connectivity index (χ0) is 18.0. The SMILES string of the molecule is C=CC1CCC(C2CCC(C(O)c3ccc(C)c(F)c3F)CC2)CC1.[HH].[HH]. The Hall–Kier alpha value is -1.22. The number of benzene rings is 1. The summed E-state index contributed by atoms with van der Waals surface area (Å²) in [7, 11) is 0. The highest BCUT2D eigenvalue weighted by Gasteiger charge is 2.34. The zero-order valence-electron chi connectivity index (χ0n) is 15.2. The quantitative estimate of drug-likeness (QED) is 0.605. The molecular weight excluding hydrogens is 318 g/mol. The fourth-order valence-corrected chi connectivity index (χ4v) is 4.93. The van der Waals surface area contributed by atoms with E-state index < -0.39 is 17.7 Å². The van der Waals surface area contributed by atoms with E-state index in [0.717, 1.165) is 37.5 Å². The lowest BCUT2D eigenvalue weighted by Gasteiger charge is -2.38. The Kier molecular flexibility index (Phi) is 5.93. The molecule has 1 nitrogen and oxygen atoms in total. The van der Waals surface area contributed by atoms with Gasteiger partial charge in [0.15, 0.2) is 11.6 Å². The molecule has 0 aliphatic heterocycles. The van der Waals surface area contributed by atoms with Crippen molar-refractivity contribution in [3.8, 4) is 0 Å². The standard InChI is InChI=1S/C22H30F2O.2H2/c1-3-15-5-7-16(8-6-15)17-9-11-18(12-10-17)22(25)19-13-4-14(2)20(23)21(19)24;;/h3-4,13,15-18,22,25H,1,5-12H2,2H3;2*1H. The van der Waals surface area contributed by atoms with E-state index in [-0.39, 0.29) is 19.9 Å². The van der Waals surface area contributed by atoms with Gasteiger partial charge >= 0.3 is 0 Å². The first-order chi connectivity index (χ1) is 12.0. The lowest BCUT2D eigenvalue weighted by atomic mass is 9.68. The largest absolute Gasteiger partial charge is 0.388 e. The highest BCUT2D eigenvalue weighted by molar-refractivity contribution is 5.27. The smallest absolute Gasteiger partial charge is 0.164 e. The molecular formula is C22H34F2O. The van der Waals surface area contributed by atoms with E-state index in [9.17, 15) is 13.9 Å². The molecule has 0 bridgehead atoms. The van der Waals surface area contributed by atoms with Crippen molar-refractivity contribution in [1.29, 1.82) is 0 Å². The fourth-order valence-electron chi connectivity index (χ4n) is 4.93. The molecule has 2 saturated carbocycles. The van der Waals surface area contributed by atoms with Gasteiger partial charge in [0.25, 0.3) is 0 Å². The summed E-state index contributed by atoms with van der Waals surface area (Å²) in [4.78, 5) is 0. The van der Waals surface area contributed by atoms with Gasteiger partial charge in [-0.3, -0.25) is 0 Å². The van der Waals surface area contributed by atoms with Crippen LogP contribution in [0.25, 0.3) is 0 Å². The average molecular weight is 353 g/mol. The second kappa shape index (κ2) is 7.99. The molecule has 2 fully saturated rings. The molecule has 0 heterocycles. The van der Waals surface area contributed by atoms with Gasteiger partial charge in [-0.25, -0.2) is 8.78 Å². The van der Waals surface area contributed by atoms with E-state index >= 15 is 0 Å². The van der Waals surface area contributed by atoms with E-state index in [0.29, 0.717) is 5.92 Å². The molecule has 25 heavy (non-hydrogen) atoms. The predicted octanol–water partition coefficient (Wildman–Crippen LogP) is 6.60. The Morgan fingerprint density at radius 2 is 1.56 bits per heavy atom. The molecule has 1 unspecified atom stereocenters. The maximum atomic E-state index is 14.2. The zero-order valence-corrected chi connectivity index (χ0v) is 15.2. The van der Waals surface area contributed by atoms with Crippen LogP contribution in [0.5, 0.6) is 0 Å². The van der Waals surface area contributed by atoms with Crippen LogP contribution in [0.15, 0.2) is 24.8 Å². The number of halogens is 2. The Morgan fingerprint density at radius 3 is 2.12 bits per heavy atom. The third-order valence-electron chi connectivity index (χ3n) is 6.70. The van der Waals surface area contributed by atoms with Crippen LogP contribution >= 0.6 is 0 Å². The molecule has 2 aliphatic rings. The summed E-state index contributed by atoms with van der Waals surface area (Å²) in [5, 5.41) is 10.6. The molecule has 1 aromatic rings. The summed E-state index contributed by atoms with van der Waals surface area (Å²) in [6.07, 6.45) is 10.3. The van der Waals surface area contributed by atoms with Gasteiger partial charge in [0.1, 0.15) is 0 Å². The third kappa shape index (κ3) is 3.97. The number of rotatable bonds is 4. The number of aryl methyl sites for hydroxylation is 1. The van der Waals surface area contributed by atoms with Crippen molar-refractivity contribution >= 4 is 0 Å². The predicted molar refractivity (Wildman–Crippen MR) is 101 cm³/mol. The Bertz CT molecular complexity index is 607. The summed E-state index contributed by atoms with van der Waals surface area (Å²) < 4.78 is 28.0. The Morgan fingerprint density at radius 1 is 1.00 bits per heavy atom. The normalized spacial score (nSPS) is 31.5. The minimum absolute atomic E-state index is 0. The van der Waals surface area contributed by atoms with Crippen LogP contribution in [0.4, 0.5) is 8.78 Å². The van der Waals surface area contributed by atoms with E-state index in [4.69, 9.17) is 0 Å². The maximum absolute atomic E-state index is 14.2. The van der Waals surface area contributed by atoms with Gasteiger partial charge in [0.05, 0.1) is 6.10 Å². The van der Waals surface area contributed by atoms with Gasteiger partial charge in [-0.05, 0) is 87.5 Å². The lowest BCUT2D eigenvalue weighted by molar-refractivity contribution is 0.0550. The van der Waals surface area contributed by atoms with Crippen LogP contribution < -0.4 is 0 Å². The molecule has 1 N–H and O–H groups in total. The molecule has 0 radical (unpaired) electrons. The van der Waals surface area contributed by atoms with Gasteiger partial charge in [-0.2, -0.15) is 0 Å². The van der Waals surface area contributed by atoms with Crippen LogP contribution in [0, 0.1) is 42.2 Å². The van der Waals surface area contributed by atoms with Crippen molar-refractivity contribution in [2.45, 2.75) is 64.4 Å².